The molecule has 0 radical (unpaired) electrons. The van der Waals surface area contributed by atoms with Gasteiger partial charge in [-0.1, -0.05) is 45.4 Å². The summed E-state index contributed by atoms with van der Waals surface area (Å²) in [7, 11) is -3.22. The maximum atomic E-state index is 12.5. The van der Waals surface area contributed by atoms with Crippen LogP contribution in [0, 0.1) is 5.92 Å². The molecule has 1 aliphatic heterocycles. The lowest BCUT2D eigenvalue weighted by Crippen LogP contribution is -2.55. The normalized spacial score (nSPS) is 26.9. The summed E-state index contributed by atoms with van der Waals surface area (Å²) >= 11 is 0. The molecule has 0 bridgehead atoms. The van der Waals surface area contributed by atoms with E-state index in [-0.39, 0.29) is 24.0 Å². The molecule has 0 aromatic rings. The minimum absolute atomic E-state index is 0.0483. The first-order valence-corrected chi connectivity index (χ1v) is 11.9. The van der Waals surface area contributed by atoms with Gasteiger partial charge in [0.2, 0.25) is 10.0 Å². The van der Waals surface area contributed by atoms with Crippen molar-refractivity contribution < 1.29 is 13.2 Å². The largest absolute Gasteiger partial charge is 0.335 e. The molecule has 2 atom stereocenters. The summed E-state index contributed by atoms with van der Waals surface area (Å²) in [5.41, 5.74) is 0. The number of hydrogen-bond donors (Lipinski definition) is 2. The maximum Gasteiger partial charge on any atom is 0.315 e. The van der Waals surface area contributed by atoms with Crippen molar-refractivity contribution in [3.05, 3.63) is 0 Å². The Labute approximate surface area is 159 Å². The van der Waals surface area contributed by atoms with E-state index in [1.165, 1.54) is 32.1 Å². The van der Waals surface area contributed by atoms with Crippen LogP contribution in [0.25, 0.3) is 0 Å². The standard InChI is InChI=1S/C19H37N3O3S/c1-4-16-14-22(26(24,25)15(2)3)13-12-18(16)21-19(23)20-17-10-8-6-5-7-9-11-17/h15-18H,4-14H2,1-3H3,(H2,20,21,23). The summed E-state index contributed by atoms with van der Waals surface area (Å²) in [6, 6.07) is 0.239. The molecule has 1 aliphatic carbocycles. The second kappa shape index (κ2) is 9.93. The Morgan fingerprint density at radius 2 is 1.65 bits per heavy atom. The molecule has 7 heteroatoms. The number of piperidine rings is 1. The maximum absolute atomic E-state index is 12.5. The van der Waals surface area contributed by atoms with E-state index in [4.69, 9.17) is 0 Å². The van der Waals surface area contributed by atoms with Gasteiger partial charge in [0.1, 0.15) is 0 Å². The smallest absolute Gasteiger partial charge is 0.315 e. The fourth-order valence-corrected chi connectivity index (χ4v) is 5.48. The fourth-order valence-electron chi connectivity index (χ4n) is 4.13. The molecule has 2 rings (SSSR count). The quantitative estimate of drug-likeness (QED) is 0.760. The van der Waals surface area contributed by atoms with Crippen molar-refractivity contribution in [3.8, 4) is 0 Å². The van der Waals surface area contributed by atoms with E-state index in [2.05, 4.69) is 17.6 Å². The molecule has 2 unspecified atom stereocenters. The van der Waals surface area contributed by atoms with E-state index in [1.54, 1.807) is 18.2 Å². The Morgan fingerprint density at radius 3 is 2.23 bits per heavy atom. The molecule has 0 aromatic heterocycles. The molecular formula is C19H37N3O3S. The van der Waals surface area contributed by atoms with Gasteiger partial charge in [0, 0.05) is 25.2 Å². The van der Waals surface area contributed by atoms with Crippen LogP contribution < -0.4 is 10.6 Å². The van der Waals surface area contributed by atoms with Gasteiger partial charge in [0.05, 0.1) is 5.25 Å². The number of amides is 2. The number of urea groups is 1. The van der Waals surface area contributed by atoms with E-state index in [0.717, 1.165) is 19.3 Å². The zero-order valence-electron chi connectivity index (χ0n) is 16.7. The fraction of sp³-hybridized carbons (Fsp3) is 0.947. The van der Waals surface area contributed by atoms with E-state index in [0.29, 0.717) is 19.5 Å². The predicted octanol–water partition coefficient (Wildman–Crippen LogP) is 3.24. The minimum Gasteiger partial charge on any atom is -0.335 e. The number of rotatable bonds is 5. The molecule has 2 N–H and O–H groups in total. The first kappa shape index (κ1) is 21.5. The highest BCUT2D eigenvalue weighted by Crippen LogP contribution is 2.24. The Bertz CT molecular complexity index is 542. The van der Waals surface area contributed by atoms with Gasteiger partial charge >= 0.3 is 6.03 Å². The van der Waals surface area contributed by atoms with E-state index in [9.17, 15) is 13.2 Å². The molecule has 2 fully saturated rings. The third-order valence-corrected chi connectivity index (χ3v) is 8.18. The van der Waals surface area contributed by atoms with Gasteiger partial charge in [-0.05, 0) is 39.0 Å². The monoisotopic (exact) mass is 387 g/mol. The number of nitrogens with one attached hydrogen (secondary N) is 2. The van der Waals surface area contributed by atoms with Crippen molar-refractivity contribution in [2.75, 3.05) is 13.1 Å². The summed E-state index contributed by atoms with van der Waals surface area (Å²) < 4.78 is 26.5. The second-order valence-electron chi connectivity index (χ2n) is 8.18. The van der Waals surface area contributed by atoms with Gasteiger partial charge < -0.3 is 10.6 Å². The van der Waals surface area contributed by atoms with E-state index in [1.807, 2.05) is 0 Å². The van der Waals surface area contributed by atoms with Gasteiger partial charge in [-0.15, -0.1) is 0 Å². The van der Waals surface area contributed by atoms with Gasteiger partial charge in [0.15, 0.2) is 0 Å². The van der Waals surface area contributed by atoms with Crippen molar-refractivity contribution in [1.29, 1.82) is 0 Å². The molecule has 26 heavy (non-hydrogen) atoms. The van der Waals surface area contributed by atoms with Crippen molar-refractivity contribution >= 4 is 16.1 Å². The summed E-state index contributed by atoms with van der Waals surface area (Å²) in [6.07, 6.45) is 9.89. The zero-order valence-corrected chi connectivity index (χ0v) is 17.5. The van der Waals surface area contributed by atoms with Crippen LogP contribution in [0.5, 0.6) is 0 Å². The predicted molar refractivity (Wildman–Crippen MR) is 106 cm³/mol. The Morgan fingerprint density at radius 1 is 1.04 bits per heavy atom. The third kappa shape index (κ3) is 5.84. The first-order valence-electron chi connectivity index (χ1n) is 10.4. The lowest BCUT2D eigenvalue weighted by Gasteiger charge is -2.38. The highest BCUT2D eigenvalue weighted by Gasteiger charge is 2.36. The number of hydrogen-bond acceptors (Lipinski definition) is 3. The number of carbonyl (C=O) groups excluding carboxylic acids is 1. The molecule has 2 aliphatic rings. The van der Waals surface area contributed by atoms with Crippen LogP contribution in [0.15, 0.2) is 0 Å². The van der Waals surface area contributed by atoms with Crippen molar-refractivity contribution in [2.45, 2.75) is 95.9 Å². The van der Waals surface area contributed by atoms with Crippen molar-refractivity contribution in [2.24, 2.45) is 5.92 Å². The average molecular weight is 388 g/mol. The molecule has 1 heterocycles. The summed E-state index contributed by atoms with van der Waals surface area (Å²) in [4.78, 5) is 12.5. The van der Waals surface area contributed by atoms with Gasteiger partial charge in [-0.3, -0.25) is 0 Å². The van der Waals surface area contributed by atoms with Gasteiger partial charge in [-0.25, -0.2) is 17.5 Å². The highest BCUT2D eigenvalue weighted by molar-refractivity contribution is 7.89. The van der Waals surface area contributed by atoms with Crippen LogP contribution in [0.4, 0.5) is 4.79 Å². The van der Waals surface area contributed by atoms with Gasteiger partial charge in [0.25, 0.3) is 0 Å². The zero-order chi connectivity index (χ0) is 19.2. The average Bonchev–Trinajstić information content (AvgIpc) is 2.57. The Kier molecular flexibility index (Phi) is 8.20. The molecule has 6 nitrogen and oxygen atoms in total. The van der Waals surface area contributed by atoms with Crippen LogP contribution in [0.3, 0.4) is 0 Å². The Balaban J connectivity index is 1.87. The van der Waals surface area contributed by atoms with Gasteiger partial charge in [-0.2, -0.15) is 0 Å². The SMILES string of the molecule is CCC1CN(S(=O)(=O)C(C)C)CCC1NC(=O)NC1CCCCCCC1. The number of carbonyl (C=O) groups is 1. The molecule has 2 amide bonds. The molecular weight excluding hydrogens is 350 g/mol. The van der Waals surface area contributed by atoms with Crippen molar-refractivity contribution in [1.82, 2.24) is 14.9 Å². The topological polar surface area (TPSA) is 78.5 Å². The van der Waals surface area contributed by atoms with E-state index >= 15 is 0 Å². The summed E-state index contributed by atoms with van der Waals surface area (Å²) in [6.45, 7) is 6.51. The number of nitrogens with zero attached hydrogens (tertiary/aromatic N) is 1. The Hall–Kier alpha value is -0.820. The first-order chi connectivity index (χ1) is 12.3. The summed E-state index contributed by atoms with van der Waals surface area (Å²) in [5.74, 6) is 0.167. The number of sulfonamides is 1. The van der Waals surface area contributed by atoms with Crippen LogP contribution in [-0.4, -0.2) is 49.2 Å². The molecule has 1 saturated heterocycles. The van der Waals surface area contributed by atoms with Crippen LogP contribution in [0.2, 0.25) is 0 Å². The van der Waals surface area contributed by atoms with Crippen molar-refractivity contribution in [3.63, 3.8) is 0 Å². The highest BCUT2D eigenvalue weighted by atomic mass is 32.2. The molecule has 1 saturated carbocycles. The van der Waals surface area contributed by atoms with E-state index < -0.39 is 15.3 Å². The van der Waals surface area contributed by atoms with Crippen LogP contribution >= 0.6 is 0 Å². The third-order valence-electron chi connectivity index (χ3n) is 5.93. The molecule has 0 spiro atoms. The minimum atomic E-state index is -3.22. The second-order valence-corrected chi connectivity index (χ2v) is 10.7. The lowest BCUT2D eigenvalue weighted by molar-refractivity contribution is 0.189. The molecule has 0 aromatic carbocycles. The molecule has 152 valence electrons. The van der Waals surface area contributed by atoms with Crippen LogP contribution in [-0.2, 0) is 10.0 Å². The lowest BCUT2D eigenvalue weighted by atomic mass is 9.91. The summed E-state index contributed by atoms with van der Waals surface area (Å²) in [5, 5.41) is 5.89. The van der Waals surface area contributed by atoms with Crippen LogP contribution in [0.1, 0.15) is 78.6 Å².